The van der Waals surface area contributed by atoms with Gasteiger partial charge in [0.25, 0.3) is 15.9 Å². The van der Waals surface area contributed by atoms with Crippen molar-refractivity contribution >= 4 is 54.1 Å². The van der Waals surface area contributed by atoms with Gasteiger partial charge in [0, 0.05) is 29.5 Å². The first kappa shape index (κ1) is 27.1. The number of piperidine rings is 1. The standard InChI is InChI=1S/C24H24FN3O8S2/c1-37(33,34)26-15-5-7-16(8-6-15)38(35,36)27-20-4-2-3-17-21(20)19(25)13-18(22(17)29)23(30)28-11-9-14(10-12-28)24(31)32/h2-8,13-14,26-27,29H,9-12H2,1H3,(H,31,32). The van der Waals surface area contributed by atoms with Crippen LogP contribution in [-0.2, 0) is 24.8 Å². The lowest BCUT2D eigenvalue weighted by Gasteiger charge is -2.30. The number of carboxylic acid groups (broad SMARTS) is 1. The van der Waals surface area contributed by atoms with E-state index in [4.69, 9.17) is 5.11 Å². The van der Waals surface area contributed by atoms with Crippen molar-refractivity contribution in [2.45, 2.75) is 17.7 Å². The van der Waals surface area contributed by atoms with Crippen LogP contribution in [-0.4, -0.2) is 63.2 Å². The summed E-state index contributed by atoms with van der Waals surface area (Å²) >= 11 is 0. The van der Waals surface area contributed by atoms with Crippen LogP contribution < -0.4 is 9.44 Å². The minimum Gasteiger partial charge on any atom is -0.506 e. The predicted octanol–water partition coefficient (Wildman–Crippen LogP) is 2.79. The molecule has 1 saturated heterocycles. The van der Waals surface area contributed by atoms with Crippen molar-refractivity contribution in [2.24, 2.45) is 5.92 Å². The van der Waals surface area contributed by atoms with Crippen molar-refractivity contribution < 1.29 is 41.0 Å². The number of carbonyl (C=O) groups excluding carboxylic acids is 1. The van der Waals surface area contributed by atoms with Crippen molar-refractivity contribution in [2.75, 3.05) is 28.8 Å². The molecule has 3 aromatic rings. The smallest absolute Gasteiger partial charge is 0.306 e. The fourth-order valence-electron chi connectivity index (χ4n) is 4.29. The first-order chi connectivity index (χ1) is 17.8. The first-order valence-electron chi connectivity index (χ1n) is 11.3. The van der Waals surface area contributed by atoms with Crippen LogP contribution in [0.4, 0.5) is 15.8 Å². The summed E-state index contributed by atoms with van der Waals surface area (Å²) in [5.74, 6) is -3.69. The Kier molecular flexibility index (Phi) is 7.21. The fraction of sp³-hybridized carbons (Fsp3) is 0.250. The lowest BCUT2D eigenvalue weighted by molar-refractivity contribution is -0.143. The van der Waals surface area contributed by atoms with Gasteiger partial charge in [0.15, 0.2) is 0 Å². The van der Waals surface area contributed by atoms with E-state index in [1.807, 2.05) is 0 Å². The van der Waals surface area contributed by atoms with Crippen LogP contribution in [0.1, 0.15) is 23.2 Å². The van der Waals surface area contributed by atoms with Gasteiger partial charge < -0.3 is 15.1 Å². The molecule has 14 heteroatoms. The number of aliphatic carboxylic acids is 1. The summed E-state index contributed by atoms with van der Waals surface area (Å²) in [5, 5.41) is 19.6. The number of sulfonamides is 2. The number of halogens is 1. The molecule has 4 N–H and O–H groups in total. The van der Waals surface area contributed by atoms with Gasteiger partial charge in [-0.3, -0.25) is 19.0 Å². The highest BCUT2D eigenvalue weighted by molar-refractivity contribution is 7.92. The monoisotopic (exact) mass is 565 g/mol. The van der Waals surface area contributed by atoms with Gasteiger partial charge in [-0.1, -0.05) is 12.1 Å². The summed E-state index contributed by atoms with van der Waals surface area (Å²) in [6.45, 7) is 0.264. The zero-order valence-electron chi connectivity index (χ0n) is 20.0. The van der Waals surface area contributed by atoms with Crippen LogP contribution in [0.3, 0.4) is 0 Å². The minimum atomic E-state index is -4.25. The average Bonchev–Trinajstić information content (AvgIpc) is 2.85. The first-order valence-corrected chi connectivity index (χ1v) is 14.7. The number of phenolic OH excluding ortho intramolecular Hbond substituents is 1. The lowest BCUT2D eigenvalue weighted by atomic mass is 9.96. The molecule has 0 radical (unpaired) electrons. The van der Waals surface area contributed by atoms with E-state index >= 15 is 4.39 Å². The molecule has 0 saturated carbocycles. The topological polar surface area (TPSA) is 170 Å². The number of phenols is 1. The Labute approximate surface area is 218 Å². The molecule has 1 heterocycles. The number of nitrogens with zero attached hydrogens (tertiary/aromatic N) is 1. The van der Waals surface area contributed by atoms with E-state index in [0.717, 1.165) is 12.3 Å². The zero-order valence-corrected chi connectivity index (χ0v) is 21.6. The van der Waals surface area contributed by atoms with Gasteiger partial charge >= 0.3 is 5.97 Å². The van der Waals surface area contributed by atoms with E-state index in [2.05, 4.69) is 9.44 Å². The van der Waals surface area contributed by atoms with Gasteiger partial charge in [-0.25, -0.2) is 21.2 Å². The quantitative estimate of drug-likeness (QED) is 0.339. The van der Waals surface area contributed by atoms with Crippen molar-refractivity contribution in [3.05, 3.63) is 59.9 Å². The summed E-state index contributed by atoms with van der Waals surface area (Å²) in [5.41, 5.74) is -0.357. The highest BCUT2D eigenvalue weighted by Crippen LogP contribution is 2.37. The highest BCUT2D eigenvalue weighted by atomic mass is 32.2. The number of aromatic hydroxyl groups is 1. The molecule has 0 spiro atoms. The molecule has 1 fully saturated rings. The van der Waals surface area contributed by atoms with E-state index in [9.17, 15) is 31.5 Å². The number of carboxylic acids is 1. The zero-order chi connectivity index (χ0) is 27.8. The van der Waals surface area contributed by atoms with Crippen molar-refractivity contribution in [1.82, 2.24) is 4.90 Å². The van der Waals surface area contributed by atoms with E-state index in [0.29, 0.717) is 0 Å². The molecule has 1 aliphatic heterocycles. The molecule has 1 amide bonds. The number of likely N-dealkylation sites (tertiary alicyclic amines) is 1. The minimum absolute atomic E-state index is 0.0957. The molecule has 0 bridgehead atoms. The third kappa shape index (κ3) is 5.65. The highest BCUT2D eigenvalue weighted by Gasteiger charge is 2.30. The molecule has 11 nitrogen and oxygen atoms in total. The van der Waals surface area contributed by atoms with E-state index in [-0.39, 0.29) is 58.5 Å². The molecule has 0 atom stereocenters. The van der Waals surface area contributed by atoms with Gasteiger partial charge in [0.2, 0.25) is 10.0 Å². The van der Waals surface area contributed by atoms with Crippen LogP contribution in [0.15, 0.2) is 53.4 Å². The number of benzene rings is 3. The number of amides is 1. The normalized spacial score (nSPS) is 14.8. The van der Waals surface area contributed by atoms with Crippen LogP contribution in [0.25, 0.3) is 10.8 Å². The molecule has 0 unspecified atom stereocenters. The van der Waals surface area contributed by atoms with Crippen molar-refractivity contribution in [1.29, 1.82) is 0 Å². The second-order valence-corrected chi connectivity index (χ2v) is 12.3. The van der Waals surface area contributed by atoms with Gasteiger partial charge in [0.05, 0.1) is 28.3 Å². The third-order valence-corrected chi connectivity index (χ3v) is 8.15. The predicted molar refractivity (Wildman–Crippen MR) is 138 cm³/mol. The van der Waals surface area contributed by atoms with Gasteiger partial charge in [-0.15, -0.1) is 0 Å². The summed E-state index contributed by atoms with van der Waals surface area (Å²) < 4.78 is 68.4. The summed E-state index contributed by atoms with van der Waals surface area (Å²) in [6.07, 6.45) is 1.41. The van der Waals surface area contributed by atoms with Crippen LogP contribution in [0, 0.1) is 11.7 Å². The maximum atomic E-state index is 15.3. The number of nitrogens with one attached hydrogen (secondary N) is 2. The molecule has 1 aliphatic rings. The summed E-state index contributed by atoms with van der Waals surface area (Å²) in [6, 6.07) is 9.67. The van der Waals surface area contributed by atoms with E-state index in [1.54, 1.807) is 0 Å². The molecule has 0 aromatic heterocycles. The average molecular weight is 566 g/mol. The van der Waals surface area contributed by atoms with Gasteiger partial charge in [-0.05, 0) is 49.2 Å². The van der Waals surface area contributed by atoms with E-state index in [1.165, 1.54) is 47.4 Å². The van der Waals surface area contributed by atoms with Crippen LogP contribution >= 0.6 is 0 Å². The molecular weight excluding hydrogens is 541 g/mol. The maximum absolute atomic E-state index is 15.3. The molecule has 202 valence electrons. The van der Waals surface area contributed by atoms with Crippen molar-refractivity contribution in [3.8, 4) is 5.75 Å². The SMILES string of the molecule is CS(=O)(=O)Nc1ccc(S(=O)(=O)Nc2cccc3c(O)c(C(=O)N4CCC(C(=O)O)CC4)cc(F)c23)cc1. The fourth-order valence-corrected chi connectivity index (χ4v) is 5.92. The Morgan fingerprint density at radius 1 is 1.00 bits per heavy atom. The molecule has 3 aromatic carbocycles. The Morgan fingerprint density at radius 2 is 1.63 bits per heavy atom. The number of fused-ring (bicyclic) bond motifs is 1. The Hall–Kier alpha value is -3.91. The maximum Gasteiger partial charge on any atom is 0.306 e. The molecule has 38 heavy (non-hydrogen) atoms. The largest absolute Gasteiger partial charge is 0.506 e. The Morgan fingerprint density at radius 3 is 2.21 bits per heavy atom. The number of carbonyl (C=O) groups is 2. The number of anilines is 2. The Bertz CT molecular complexity index is 1630. The van der Waals surface area contributed by atoms with Crippen LogP contribution in [0.2, 0.25) is 0 Å². The second-order valence-electron chi connectivity index (χ2n) is 8.89. The van der Waals surface area contributed by atoms with Gasteiger partial charge in [-0.2, -0.15) is 0 Å². The molecular formula is C24H24FN3O8S2. The lowest BCUT2D eigenvalue weighted by Crippen LogP contribution is -2.40. The van der Waals surface area contributed by atoms with Gasteiger partial charge in [0.1, 0.15) is 11.6 Å². The molecule has 0 aliphatic carbocycles. The molecule has 4 rings (SSSR count). The number of rotatable bonds is 7. The summed E-state index contributed by atoms with van der Waals surface area (Å²) in [4.78, 5) is 25.3. The summed E-state index contributed by atoms with van der Waals surface area (Å²) in [7, 11) is -7.81. The van der Waals surface area contributed by atoms with Crippen molar-refractivity contribution in [3.63, 3.8) is 0 Å². The number of hydrogen-bond acceptors (Lipinski definition) is 7. The third-order valence-electron chi connectivity index (χ3n) is 6.16. The number of hydrogen-bond donors (Lipinski definition) is 4. The van der Waals surface area contributed by atoms with E-state index < -0.39 is 49.4 Å². The second kappa shape index (κ2) is 10.1. The Balaban J connectivity index is 1.63. The van der Waals surface area contributed by atoms with Crippen LogP contribution in [0.5, 0.6) is 5.75 Å².